The Balaban J connectivity index is 1.86. The summed E-state index contributed by atoms with van der Waals surface area (Å²) in [4.78, 5) is 26.4. The van der Waals surface area contributed by atoms with Crippen molar-refractivity contribution < 1.29 is 19.1 Å². The zero-order valence-corrected chi connectivity index (χ0v) is 20.8. The number of anilines is 1. The zero-order chi connectivity index (χ0) is 24.0. The number of rotatable bonds is 9. The molecule has 5 nitrogen and oxygen atoms in total. The van der Waals surface area contributed by atoms with E-state index in [0.717, 1.165) is 22.4 Å². The lowest BCUT2D eigenvalue weighted by molar-refractivity contribution is -0.118. The van der Waals surface area contributed by atoms with E-state index >= 15 is 0 Å². The van der Waals surface area contributed by atoms with Gasteiger partial charge in [-0.2, -0.15) is 0 Å². The topological polar surface area (TPSA) is 64.6 Å². The molecule has 174 valence electrons. The van der Waals surface area contributed by atoms with Gasteiger partial charge in [0.15, 0.2) is 6.61 Å². The van der Waals surface area contributed by atoms with Crippen LogP contribution in [0.3, 0.4) is 0 Å². The SMILES string of the molecule is CCOC(=O)c1c(NC(=O)COc2ccccc2Cl)sc(C)c1-c1ccc(CC(C)C)cc1. The van der Waals surface area contributed by atoms with Gasteiger partial charge >= 0.3 is 5.97 Å². The quantitative estimate of drug-likeness (QED) is 0.340. The lowest BCUT2D eigenvalue weighted by Gasteiger charge is -2.11. The molecule has 1 aromatic heterocycles. The lowest BCUT2D eigenvalue weighted by Crippen LogP contribution is -2.21. The highest BCUT2D eigenvalue weighted by atomic mass is 35.5. The molecule has 0 aliphatic heterocycles. The van der Waals surface area contributed by atoms with Crippen molar-refractivity contribution in [3.8, 4) is 16.9 Å². The van der Waals surface area contributed by atoms with Gasteiger partial charge < -0.3 is 14.8 Å². The number of esters is 1. The molecule has 0 saturated heterocycles. The van der Waals surface area contributed by atoms with Crippen LogP contribution in [-0.2, 0) is 16.0 Å². The molecule has 0 bridgehead atoms. The Morgan fingerprint density at radius 3 is 2.42 bits per heavy atom. The van der Waals surface area contributed by atoms with E-state index in [-0.39, 0.29) is 19.1 Å². The van der Waals surface area contributed by atoms with E-state index in [4.69, 9.17) is 21.1 Å². The molecule has 0 saturated carbocycles. The average molecular weight is 486 g/mol. The molecule has 2 aromatic carbocycles. The summed E-state index contributed by atoms with van der Waals surface area (Å²) < 4.78 is 10.8. The molecule has 1 amide bonds. The highest BCUT2D eigenvalue weighted by molar-refractivity contribution is 7.17. The summed E-state index contributed by atoms with van der Waals surface area (Å²) in [5.74, 6) is 0.124. The van der Waals surface area contributed by atoms with Gasteiger partial charge in [0, 0.05) is 10.4 Å². The fourth-order valence-corrected chi connectivity index (χ4v) is 4.80. The monoisotopic (exact) mass is 485 g/mol. The molecule has 0 aliphatic rings. The van der Waals surface area contributed by atoms with E-state index < -0.39 is 5.97 Å². The molecule has 0 spiro atoms. The van der Waals surface area contributed by atoms with Crippen LogP contribution in [0.5, 0.6) is 5.75 Å². The van der Waals surface area contributed by atoms with Crippen molar-refractivity contribution >= 4 is 39.8 Å². The molecular weight excluding hydrogens is 458 g/mol. The van der Waals surface area contributed by atoms with Crippen LogP contribution < -0.4 is 10.1 Å². The summed E-state index contributed by atoms with van der Waals surface area (Å²) in [7, 11) is 0. The Bertz CT molecular complexity index is 1120. The minimum Gasteiger partial charge on any atom is -0.482 e. The van der Waals surface area contributed by atoms with Crippen LogP contribution >= 0.6 is 22.9 Å². The fourth-order valence-electron chi connectivity index (χ4n) is 3.53. The molecule has 3 aromatic rings. The summed E-state index contributed by atoms with van der Waals surface area (Å²) in [6.07, 6.45) is 0.986. The van der Waals surface area contributed by atoms with E-state index in [1.165, 1.54) is 16.9 Å². The van der Waals surface area contributed by atoms with Crippen LogP contribution in [0.4, 0.5) is 5.00 Å². The second-order valence-corrected chi connectivity index (χ2v) is 9.65. The largest absolute Gasteiger partial charge is 0.482 e. The third-order valence-electron chi connectivity index (χ3n) is 4.90. The third kappa shape index (κ3) is 6.36. The van der Waals surface area contributed by atoms with Crippen molar-refractivity contribution in [3.05, 3.63) is 69.6 Å². The molecule has 0 fully saturated rings. The van der Waals surface area contributed by atoms with E-state index in [1.807, 2.05) is 19.1 Å². The maximum absolute atomic E-state index is 12.9. The summed E-state index contributed by atoms with van der Waals surface area (Å²) in [6, 6.07) is 15.1. The van der Waals surface area contributed by atoms with Gasteiger partial charge in [0.05, 0.1) is 11.6 Å². The van der Waals surface area contributed by atoms with Gasteiger partial charge in [-0.3, -0.25) is 4.79 Å². The summed E-state index contributed by atoms with van der Waals surface area (Å²) in [5, 5.41) is 3.69. The van der Waals surface area contributed by atoms with Crippen LogP contribution in [0.1, 0.15) is 41.6 Å². The van der Waals surface area contributed by atoms with Gasteiger partial charge in [-0.05, 0) is 49.4 Å². The third-order valence-corrected chi connectivity index (χ3v) is 6.23. The van der Waals surface area contributed by atoms with Gasteiger partial charge in [0.25, 0.3) is 5.91 Å². The predicted octanol–water partition coefficient (Wildman–Crippen LogP) is 6.77. The highest BCUT2D eigenvalue weighted by Gasteiger charge is 2.25. The van der Waals surface area contributed by atoms with Crippen LogP contribution in [0.2, 0.25) is 5.02 Å². The van der Waals surface area contributed by atoms with Gasteiger partial charge in [-0.25, -0.2) is 4.79 Å². The number of hydrogen-bond acceptors (Lipinski definition) is 5. The van der Waals surface area contributed by atoms with E-state index in [9.17, 15) is 9.59 Å². The first-order valence-corrected chi connectivity index (χ1v) is 12.1. The first-order valence-electron chi connectivity index (χ1n) is 10.9. The fraction of sp³-hybridized carbons (Fsp3) is 0.308. The number of carbonyl (C=O) groups excluding carboxylic acids is 2. The molecule has 3 rings (SSSR count). The second kappa shape index (κ2) is 11.3. The lowest BCUT2D eigenvalue weighted by atomic mass is 9.97. The number of nitrogens with one attached hydrogen (secondary N) is 1. The van der Waals surface area contributed by atoms with Gasteiger partial charge in [0.1, 0.15) is 16.3 Å². The molecule has 1 N–H and O–H groups in total. The number of thiophene rings is 1. The van der Waals surface area contributed by atoms with Crippen molar-refractivity contribution in [2.45, 2.75) is 34.1 Å². The number of ether oxygens (including phenoxy) is 2. The molecule has 1 heterocycles. The summed E-state index contributed by atoms with van der Waals surface area (Å²) >= 11 is 7.43. The minimum absolute atomic E-state index is 0.234. The molecule has 0 unspecified atom stereocenters. The molecule has 33 heavy (non-hydrogen) atoms. The standard InChI is InChI=1S/C26H28ClNO4S/c1-5-31-26(30)24-23(19-12-10-18(11-13-19)14-16(2)3)17(4)33-25(24)28-22(29)15-32-21-9-7-6-8-20(21)27/h6-13,16H,5,14-15H2,1-4H3,(H,28,29). The Morgan fingerprint density at radius 1 is 1.09 bits per heavy atom. The predicted molar refractivity (Wildman–Crippen MR) is 135 cm³/mol. The van der Waals surface area contributed by atoms with Crippen molar-refractivity contribution in [1.29, 1.82) is 0 Å². The first-order chi connectivity index (χ1) is 15.8. The molecule has 0 radical (unpaired) electrons. The molecule has 0 aliphatic carbocycles. The number of carbonyl (C=O) groups is 2. The maximum Gasteiger partial charge on any atom is 0.341 e. The van der Waals surface area contributed by atoms with Crippen LogP contribution in [0.25, 0.3) is 11.1 Å². The minimum atomic E-state index is -0.467. The van der Waals surface area contributed by atoms with Crippen LogP contribution in [0.15, 0.2) is 48.5 Å². The summed E-state index contributed by atoms with van der Waals surface area (Å²) in [5.41, 5.74) is 3.29. The number of para-hydroxylation sites is 1. The Kier molecular flexibility index (Phi) is 8.53. The van der Waals surface area contributed by atoms with Crippen molar-refractivity contribution in [2.75, 3.05) is 18.5 Å². The highest BCUT2D eigenvalue weighted by Crippen LogP contribution is 2.40. The Labute approximate surface area is 203 Å². The van der Waals surface area contributed by atoms with Gasteiger partial charge in [-0.15, -0.1) is 11.3 Å². The van der Waals surface area contributed by atoms with Crippen molar-refractivity contribution in [2.24, 2.45) is 5.92 Å². The Hall–Kier alpha value is -2.83. The number of amides is 1. The number of halogens is 1. The number of aryl methyl sites for hydroxylation is 1. The summed E-state index contributed by atoms with van der Waals surface area (Å²) in [6.45, 7) is 8.06. The second-order valence-electron chi connectivity index (χ2n) is 8.02. The number of hydrogen-bond donors (Lipinski definition) is 1. The van der Waals surface area contributed by atoms with Gasteiger partial charge in [-0.1, -0.05) is 61.8 Å². The maximum atomic E-state index is 12.9. The van der Waals surface area contributed by atoms with Crippen LogP contribution in [-0.4, -0.2) is 25.1 Å². The van der Waals surface area contributed by atoms with Crippen LogP contribution in [0, 0.1) is 12.8 Å². The van der Waals surface area contributed by atoms with E-state index in [1.54, 1.807) is 31.2 Å². The van der Waals surface area contributed by atoms with Crippen molar-refractivity contribution in [1.82, 2.24) is 0 Å². The number of benzene rings is 2. The van der Waals surface area contributed by atoms with Gasteiger partial charge in [0.2, 0.25) is 0 Å². The molecule has 0 atom stereocenters. The molecule has 7 heteroatoms. The first kappa shape index (κ1) is 24.8. The smallest absolute Gasteiger partial charge is 0.341 e. The van der Waals surface area contributed by atoms with Crippen molar-refractivity contribution in [3.63, 3.8) is 0 Å². The Morgan fingerprint density at radius 2 is 1.79 bits per heavy atom. The zero-order valence-electron chi connectivity index (χ0n) is 19.2. The molecular formula is C26H28ClNO4S. The average Bonchev–Trinajstić information content (AvgIpc) is 3.09. The normalized spacial score (nSPS) is 10.8. The van der Waals surface area contributed by atoms with E-state index in [2.05, 4.69) is 31.3 Å². The van der Waals surface area contributed by atoms with E-state index in [0.29, 0.717) is 27.3 Å².